The second-order valence-corrected chi connectivity index (χ2v) is 4.65. The van der Waals surface area contributed by atoms with Gasteiger partial charge in [0.2, 0.25) is 0 Å². The molecule has 0 radical (unpaired) electrons. The highest BCUT2D eigenvalue weighted by Crippen LogP contribution is 2.22. The topological polar surface area (TPSA) is 37.2 Å². The maximum Gasteiger partial charge on any atom is 0.0858 e. The van der Waals surface area contributed by atoms with E-state index in [4.69, 9.17) is 4.74 Å². The van der Waals surface area contributed by atoms with E-state index in [-0.39, 0.29) is 0 Å². The third-order valence-electron chi connectivity index (χ3n) is 3.26. The lowest BCUT2D eigenvalue weighted by Crippen LogP contribution is -2.36. The van der Waals surface area contributed by atoms with Crippen molar-refractivity contribution in [2.45, 2.75) is 0 Å². The molecule has 0 aromatic heterocycles. The van der Waals surface area contributed by atoms with Crippen molar-refractivity contribution in [1.82, 2.24) is 0 Å². The number of azo groups is 1. The van der Waals surface area contributed by atoms with E-state index in [1.165, 1.54) is 5.69 Å². The Kier molecular flexibility index (Phi) is 4.04. The van der Waals surface area contributed by atoms with Crippen LogP contribution in [-0.4, -0.2) is 26.3 Å². The molecule has 0 bridgehead atoms. The maximum atomic E-state index is 5.36. The van der Waals surface area contributed by atoms with Crippen molar-refractivity contribution in [2.24, 2.45) is 10.2 Å². The summed E-state index contributed by atoms with van der Waals surface area (Å²) < 4.78 is 5.36. The van der Waals surface area contributed by atoms with Crippen LogP contribution in [0.5, 0.6) is 0 Å². The molecule has 1 fully saturated rings. The van der Waals surface area contributed by atoms with E-state index in [1.807, 2.05) is 42.5 Å². The molecular formula is C16H17N3O. The van der Waals surface area contributed by atoms with Crippen LogP contribution < -0.4 is 4.90 Å². The van der Waals surface area contributed by atoms with Gasteiger partial charge in [-0.2, -0.15) is 10.2 Å². The molecule has 0 spiro atoms. The zero-order valence-corrected chi connectivity index (χ0v) is 11.3. The summed E-state index contributed by atoms with van der Waals surface area (Å²) in [6, 6.07) is 17.9. The quantitative estimate of drug-likeness (QED) is 0.790. The van der Waals surface area contributed by atoms with Gasteiger partial charge in [-0.05, 0) is 36.4 Å². The molecule has 0 saturated carbocycles. The lowest BCUT2D eigenvalue weighted by Gasteiger charge is -2.28. The molecule has 4 nitrogen and oxygen atoms in total. The highest BCUT2D eigenvalue weighted by atomic mass is 16.5. The Hall–Kier alpha value is -2.20. The Bertz CT molecular complexity index is 560. The molecule has 1 aliphatic heterocycles. The monoisotopic (exact) mass is 267 g/mol. The van der Waals surface area contributed by atoms with Crippen molar-refractivity contribution in [3.05, 3.63) is 54.6 Å². The Morgan fingerprint density at radius 2 is 1.35 bits per heavy atom. The first-order valence-corrected chi connectivity index (χ1v) is 6.81. The van der Waals surface area contributed by atoms with Gasteiger partial charge in [-0.15, -0.1) is 0 Å². The van der Waals surface area contributed by atoms with E-state index in [0.717, 1.165) is 37.7 Å². The van der Waals surface area contributed by atoms with Crippen molar-refractivity contribution >= 4 is 17.1 Å². The molecule has 0 unspecified atom stereocenters. The minimum absolute atomic E-state index is 0.801. The molecule has 4 heteroatoms. The fraction of sp³-hybridized carbons (Fsp3) is 0.250. The van der Waals surface area contributed by atoms with Crippen molar-refractivity contribution in [3.63, 3.8) is 0 Å². The van der Waals surface area contributed by atoms with Crippen LogP contribution in [0.4, 0.5) is 17.1 Å². The van der Waals surface area contributed by atoms with Gasteiger partial charge in [0, 0.05) is 18.8 Å². The van der Waals surface area contributed by atoms with Gasteiger partial charge in [-0.3, -0.25) is 0 Å². The standard InChI is InChI=1S/C16H17N3O/c1-2-4-14(5-3-1)17-18-15-6-8-16(9-7-15)19-10-12-20-13-11-19/h1-9H,10-13H2. The minimum Gasteiger partial charge on any atom is -0.378 e. The summed E-state index contributed by atoms with van der Waals surface area (Å²) >= 11 is 0. The SMILES string of the molecule is c1ccc(N=Nc2ccc(N3CCOCC3)cc2)cc1. The molecular weight excluding hydrogens is 250 g/mol. The highest BCUT2D eigenvalue weighted by Gasteiger charge is 2.10. The molecule has 20 heavy (non-hydrogen) atoms. The molecule has 0 N–H and O–H groups in total. The van der Waals surface area contributed by atoms with Crippen molar-refractivity contribution in [3.8, 4) is 0 Å². The molecule has 0 atom stereocenters. The number of ether oxygens (including phenoxy) is 1. The fourth-order valence-electron chi connectivity index (χ4n) is 2.16. The van der Waals surface area contributed by atoms with E-state index >= 15 is 0 Å². The minimum atomic E-state index is 0.801. The van der Waals surface area contributed by atoms with E-state index < -0.39 is 0 Å². The van der Waals surface area contributed by atoms with Crippen LogP contribution in [0.1, 0.15) is 0 Å². The Morgan fingerprint density at radius 3 is 2.00 bits per heavy atom. The third-order valence-corrected chi connectivity index (χ3v) is 3.26. The number of benzene rings is 2. The van der Waals surface area contributed by atoms with Gasteiger partial charge < -0.3 is 9.64 Å². The first-order chi connectivity index (χ1) is 9.92. The second-order valence-electron chi connectivity index (χ2n) is 4.65. The molecule has 1 heterocycles. The fourth-order valence-corrected chi connectivity index (χ4v) is 2.16. The van der Waals surface area contributed by atoms with Crippen LogP contribution in [0.3, 0.4) is 0 Å². The number of nitrogens with zero attached hydrogens (tertiary/aromatic N) is 3. The van der Waals surface area contributed by atoms with E-state index in [9.17, 15) is 0 Å². The lowest BCUT2D eigenvalue weighted by molar-refractivity contribution is 0.122. The summed E-state index contributed by atoms with van der Waals surface area (Å²) in [4.78, 5) is 2.32. The lowest BCUT2D eigenvalue weighted by atomic mass is 10.2. The average molecular weight is 267 g/mol. The van der Waals surface area contributed by atoms with Gasteiger partial charge >= 0.3 is 0 Å². The van der Waals surface area contributed by atoms with Crippen molar-refractivity contribution in [2.75, 3.05) is 31.2 Å². The van der Waals surface area contributed by atoms with Crippen molar-refractivity contribution in [1.29, 1.82) is 0 Å². The van der Waals surface area contributed by atoms with Crippen LogP contribution in [0.15, 0.2) is 64.8 Å². The molecule has 1 aliphatic rings. The largest absolute Gasteiger partial charge is 0.378 e. The van der Waals surface area contributed by atoms with E-state index in [2.05, 4.69) is 27.3 Å². The number of morpholine rings is 1. The molecule has 102 valence electrons. The van der Waals surface area contributed by atoms with Crippen LogP contribution >= 0.6 is 0 Å². The van der Waals surface area contributed by atoms with Crippen LogP contribution in [-0.2, 0) is 4.74 Å². The second kappa shape index (κ2) is 6.30. The van der Waals surface area contributed by atoms with Gasteiger partial charge in [0.05, 0.1) is 24.6 Å². The smallest absolute Gasteiger partial charge is 0.0858 e. The summed E-state index contributed by atoms with van der Waals surface area (Å²) in [6.07, 6.45) is 0. The van der Waals surface area contributed by atoms with E-state index in [1.54, 1.807) is 0 Å². The summed E-state index contributed by atoms with van der Waals surface area (Å²) in [6.45, 7) is 3.50. The zero-order chi connectivity index (χ0) is 13.6. The summed E-state index contributed by atoms with van der Waals surface area (Å²) in [7, 11) is 0. The highest BCUT2D eigenvalue weighted by molar-refractivity contribution is 5.53. The van der Waals surface area contributed by atoms with Gasteiger partial charge in [0.1, 0.15) is 0 Å². The number of hydrogen-bond acceptors (Lipinski definition) is 4. The van der Waals surface area contributed by atoms with Crippen LogP contribution in [0, 0.1) is 0 Å². The molecule has 3 rings (SSSR count). The van der Waals surface area contributed by atoms with E-state index in [0.29, 0.717) is 0 Å². The van der Waals surface area contributed by atoms with Gasteiger partial charge in [0.25, 0.3) is 0 Å². The average Bonchev–Trinajstić information content (AvgIpc) is 2.55. The number of anilines is 1. The molecule has 1 saturated heterocycles. The Morgan fingerprint density at radius 1 is 0.750 bits per heavy atom. The summed E-state index contributed by atoms with van der Waals surface area (Å²) in [5, 5.41) is 8.45. The maximum absolute atomic E-state index is 5.36. The predicted molar refractivity (Wildman–Crippen MR) is 80.1 cm³/mol. The van der Waals surface area contributed by atoms with Gasteiger partial charge in [-0.1, -0.05) is 18.2 Å². The summed E-state index contributed by atoms with van der Waals surface area (Å²) in [5.41, 5.74) is 2.95. The summed E-state index contributed by atoms with van der Waals surface area (Å²) in [5.74, 6) is 0. The Labute approximate surface area is 118 Å². The van der Waals surface area contributed by atoms with Crippen LogP contribution in [0.25, 0.3) is 0 Å². The van der Waals surface area contributed by atoms with Gasteiger partial charge in [0.15, 0.2) is 0 Å². The van der Waals surface area contributed by atoms with Gasteiger partial charge in [-0.25, -0.2) is 0 Å². The first kappa shape index (κ1) is 12.8. The number of rotatable bonds is 3. The first-order valence-electron chi connectivity index (χ1n) is 6.81. The Balaban J connectivity index is 1.68. The predicted octanol–water partition coefficient (Wildman–Crippen LogP) is 3.94. The normalized spacial score (nSPS) is 15.7. The zero-order valence-electron chi connectivity index (χ0n) is 11.3. The third kappa shape index (κ3) is 3.22. The van der Waals surface area contributed by atoms with Crippen molar-refractivity contribution < 1.29 is 4.74 Å². The molecule has 0 aliphatic carbocycles. The number of hydrogen-bond donors (Lipinski definition) is 0. The van der Waals surface area contributed by atoms with Crippen LogP contribution in [0.2, 0.25) is 0 Å². The molecule has 2 aromatic rings. The molecule has 2 aromatic carbocycles. The molecule has 0 amide bonds.